The van der Waals surface area contributed by atoms with Crippen LogP contribution in [0.15, 0.2) is 54.6 Å². The summed E-state index contributed by atoms with van der Waals surface area (Å²) in [4.78, 5) is 28.9. The minimum absolute atomic E-state index is 0.211. The van der Waals surface area contributed by atoms with Crippen LogP contribution in [0.25, 0.3) is 0 Å². The number of methoxy groups -OCH3 is 1. The lowest BCUT2D eigenvalue weighted by Crippen LogP contribution is -2.55. The lowest BCUT2D eigenvalue weighted by Gasteiger charge is -2.36. The van der Waals surface area contributed by atoms with Crippen LogP contribution in [-0.2, 0) is 11.3 Å². The molecule has 2 aromatic rings. The minimum atomic E-state index is -0.621. The fourth-order valence-electron chi connectivity index (χ4n) is 3.33. The summed E-state index contributed by atoms with van der Waals surface area (Å²) in [7, 11) is 1.60. The molecule has 1 fully saturated rings. The maximum absolute atomic E-state index is 12.5. The van der Waals surface area contributed by atoms with Gasteiger partial charge < -0.3 is 25.2 Å². The molecule has 0 aliphatic carbocycles. The highest BCUT2D eigenvalue weighted by Crippen LogP contribution is 2.17. The van der Waals surface area contributed by atoms with Gasteiger partial charge in [-0.1, -0.05) is 36.4 Å². The molecule has 1 atom stereocenters. The molecule has 7 nitrogen and oxygen atoms in total. The lowest BCUT2D eigenvalue weighted by atomic mass is 10.2. The molecule has 1 aliphatic heterocycles. The van der Waals surface area contributed by atoms with E-state index in [1.165, 1.54) is 0 Å². The van der Waals surface area contributed by atoms with Crippen LogP contribution in [0.3, 0.4) is 0 Å². The molecule has 0 spiro atoms. The molecule has 1 heterocycles. The molecule has 7 heteroatoms. The number of hydrogen-bond acceptors (Lipinski definition) is 4. The molecule has 3 rings (SSSR count). The summed E-state index contributed by atoms with van der Waals surface area (Å²) in [5.41, 5.74) is 2.05. The number of carbonyl (C=O) groups excluding carboxylic acids is 2. The summed E-state index contributed by atoms with van der Waals surface area (Å²) in [6, 6.07) is 16.9. The van der Waals surface area contributed by atoms with Crippen LogP contribution >= 0.6 is 0 Å². The number of carbonyl (C=O) groups is 2. The van der Waals surface area contributed by atoms with E-state index < -0.39 is 6.04 Å². The van der Waals surface area contributed by atoms with Crippen molar-refractivity contribution in [2.45, 2.75) is 19.5 Å². The van der Waals surface area contributed by atoms with E-state index in [9.17, 15) is 9.59 Å². The number of ether oxygens (including phenoxy) is 1. The van der Waals surface area contributed by atoms with E-state index in [0.29, 0.717) is 19.6 Å². The number of para-hydroxylation sites is 2. The van der Waals surface area contributed by atoms with Gasteiger partial charge in [0.25, 0.3) is 0 Å². The summed E-state index contributed by atoms with van der Waals surface area (Å²) in [5.74, 6) is 0.493. The van der Waals surface area contributed by atoms with Crippen molar-refractivity contribution in [1.29, 1.82) is 0 Å². The normalized spacial score (nSPS) is 14.8. The van der Waals surface area contributed by atoms with Crippen LogP contribution < -0.4 is 20.3 Å². The molecule has 0 bridgehead atoms. The van der Waals surface area contributed by atoms with Gasteiger partial charge in [-0.2, -0.15) is 0 Å². The summed E-state index contributed by atoms with van der Waals surface area (Å²) in [5, 5.41) is 5.64. The van der Waals surface area contributed by atoms with E-state index in [1.807, 2.05) is 42.5 Å². The first-order valence-electron chi connectivity index (χ1n) is 9.83. The quantitative estimate of drug-likeness (QED) is 0.785. The average Bonchev–Trinajstić information content (AvgIpc) is 2.78. The van der Waals surface area contributed by atoms with Crippen molar-refractivity contribution in [1.82, 2.24) is 15.5 Å². The van der Waals surface area contributed by atoms with Gasteiger partial charge in [0.05, 0.1) is 7.11 Å². The van der Waals surface area contributed by atoms with Gasteiger partial charge in [-0.25, -0.2) is 4.79 Å². The summed E-state index contributed by atoms with van der Waals surface area (Å²) in [6.07, 6.45) is 0. The number of piperazine rings is 1. The van der Waals surface area contributed by atoms with E-state index in [-0.39, 0.29) is 11.9 Å². The van der Waals surface area contributed by atoms with Crippen molar-refractivity contribution < 1.29 is 14.3 Å². The lowest BCUT2D eigenvalue weighted by molar-refractivity contribution is -0.122. The van der Waals surface area contributed by atoms with Crippen molar-refractivity contribution in [3.63, 3.8) is 0 Å². The minimum Gasteiger partial charge on any atom is -0.496 e. The number of rotatable bonds is 6. The third-order valence-electron chi connectivity index (χ3n) is 5.07. The van der Waals surface area contributed by atoms with Crippen molar-refractivity contribution in [3.05, 3.63) is 60.2 Å². The predicted octanol–water partition coefficient (Wildman–Crippen LogP) is 2.23. The molecule has 2 aromatic carbocycles. The number of nitrogens with one attached hydrogen (secondary N) is 2. The summed E-state index contributed by atoms with van der Waals surface area (Å²) >= 11 is 0. The van der Waals surface area contributed by atoms with Crippen LogP contribution in [0.1, 0.15) is 12.5 Å². The first-order valence-corrected chi connectivity index (χ1v) is 9.83. The number of urea groups is 1. The number of amides is 3. The summed E-state index contributed by atoms with van der Waals surface area (Å²) < 4.78 is 5.29. The fraction of sp³-hybridized carbons (Fsp3) is 0.364. The van der Waals surface area contributed by atoms with Gasteiger partial charge in [0.1, 0.15) is 11.8 Å². The van der Waals surface area contributed by atoms with Crippen LogP contribution in [0.2, 0.25) is 0 Å². The maximum Gasteiger partial charge on any atom is 0.318 e. The van der Waals surface area contributed by atoms with Crippen molar-refractivity contribution >= 4 is 17.6 Å². The Morgan fingerprint density at radius 2 is 1.66 bits per heavy atom. The second-order valence-corrected chi connectivity index (χ2v) is 7.01. The smallest absolute Gasteiger partial charge is 0.318 e. The van der Waals surface area contributed by atoms with Gasteiger partial charge in [-0.15, -0.1) is 0 Å². The molecule has 154 valence electrons. The molecule has 1 saturated heterocycles. The van der Waals surface area contributed by atoms with Crippen molar-refractivity contribution in [2.24, 2.45) is 0 Å². The Labute approximate surface area is 171 Å². The van der Waals surface area contributed by atoms with Crippen LogP contribution in [0.4, 0.5) is 10.5 Å². The SMILES string of the molecule is COc1ccccc1CNC(=O)C(C)NC(=O)N1CCN(c2ccccc2)CC1. The molecule has 0 aromatic heterocycles. The van der Waals surface area contributed by atoms with Crippen molar-refractivity contribution in [2.75, 3.05) is 38.2 Å². The van der Waals surface area contributed by atoms with Gasteiger partial charge in [0, 0.05) is 44.0 Å². The highest BCUT2D eigenvalue weighted by atomic mass is 16.5. The van der Waals surface area contributed by atoms with Gasteiger partial charge in [0.15, 0.2) is 0 Å². The van der Waals surface area contributed by atoms with Gasteiger partial charge in [0.2, 0.25) is 5.91 Å². The van der Waals surface area contributed by atoms with Crippen molar-refractivity contribution in [3.8, 4) is 5.75 Å². The Bertz CT molecular complexity index is 820. The highest BCUT2D eigenvalue weighted by Gasteiger charge is 2.24. The van der Waals surface area contributed by atoms with Gasteiger partial charge >= 0.3 is 6.03 Å². The fourth-order valence-corrected chi connectivity index (χ4v) is 3.33. The molecule has 0 saturated carbocycles. The molecule has 1 aliphatic rings. The number of benzene rings is 2. The third kappa shape index (κ3) is 5.40. The zero-order valence-corrected chi connectivity index (χ0v) is 16.9. The molecule has 0 radical (unpaired) electrons. The first kappa shape index (κ1) is 20.5. The largest absolute Gasteiger partial charge is 0.496 e. The monoisotopic (exact) mass is 396 g/mol. The van der Waals surface area contributed by atoms with E-state index >= 15 is 0 Å². The predicted molar refractivity (Wildman–Crippen MR) is 113 cm³/mol. The van der Waals surface area contributed by atoms with E-state index in [1.54, 1.807) is 18.9 Å². The summed E-state index contributed by atoms with van der Waals surface area (Å²) in [6.45, 7) is 4.82. The highest BCUT2D eigenvalue weighted by molar-refractivity contribution is 5.86. The zero-order chi connectivity index (χ0) is 20.6. The molecule has 3 amide bonds. The second-order valence-electron chi connectivity index (χ2n) is 7.01. The standard InChI is InChI=1S/C22H28N4O3/c1-17(21(27)23-16-18-8-6-7-11-20(18)29-2)24-22(28)26-14-12-25(13-15-26)19-9-4-3-5-10-19/h3-11,17H,12-16H2,1-2H3,(H,23,27)(H,24,28). The Balaban J connectivity index is 1.44. The average molecular weight is 396 g/mol. The number of nitrogens with zero attached hydrogens (tertiary/aromatic N) is 2. The molecule has 1 unspecified atom stereocenters. The van der Waals surface area contributed by atoms with Crippen LogP contribution in [0.5, 0.6) is 5.75 Å². The Kier molecular flexibility index (Phi) is 6.94. The molecular formula is C22H28N4O3. The van der Waals surface area contributed by atoms with E-state index in [0.717, 1.165) is 30.1 Å². The number of anilines is 1. The maximum atomic E-state index is 12.5. The zero-order valence-electron chi connectivity index (χ0n) is 16.9. The first-order chi connectivity index (χ1) is 14.1. The van der Waals surface area contributed by atoms with E-state index in [4.69, 9.17) is 4.74 Å². The molecule has 29 heavy (non-hydrogen) atoms. The Morgan fingerprint density at radius 3 is 2.34 bits per heavy atom. The van der Waals surface area contributed by atoms with Gasteiger partial charge in [-0.05, 0) is 25.1 Å². The third-order valence-corrected chi connectivity index (χ3v) is 5.07. The molecule has 2 N–H and O–H groups in total. The van der Waals surface area contributed by atoms with Crippen LogP contribution in [0, 0.1) is 0 Å². The Morgan fingerprint density at radius 1 is 1.00 bits per heavy atom. The number of hydrogen-bond donors (Lipinski definition) is 2. The second kappa shape index (κ2) is 9.82. The molecular weight excluding hydrogens is 368 g/mol. The topological polar surface area (TPSA) is 73.9 Å². The van der Waals surface area contributed by atoms with Crippen LogP contribution in [-0.4, -0.2) is 56.2 Å². The van der Waals surface area contributed by atoms with Gasteiger partial charge in [-0.3, -0.25) is 4.79 Å². The Hall–Kier alpha value is -3.22. The van der Waals surface area contributed by atoms with E-state index in [2.05, 4.69) is 27.7 Å².